The number of pyridine rings is 1. The molecule has 1 aromatic heterocycles. The largest absolute Gasteiger partial charge is 0.376 e. The fraction of sp³-hybridized carbons (Fsp3) is 0.706. The molecule has 1 aromatic rings. The zero-order valence-corrected chi connectivity index (χ0v) is 13.7. The molecule has 4 nitrogen and oxygen atoms in total. The summed E-state index contributed by atoms with van der Waals surface area (Å²) in [5, 5.41) is 3.43. The number of nitrogens with one attached hydrogen (secondary N) is 1. The summed E-state index contributed by atoms with van der Waals surface area (Å²) in [5.41, 5.74) is 2.52. The van der Waals surface area contributed by atoms with Gasteiger partial charge >= 0.3 is 0 Å². The molecule has 0 saturated carbocycles. The first-order chi connectivity index (χ1) is 10.2. The third-order valence-electron chi connectivity index (χ3n) is 3.99. The lowest BCUT2D eigenvalue weighted by molar-refractivity contribution is 0.115. The number of hydrogen-bond donors (Lipinski definition) is 1. The second kappa shape index (κ2) is 8.35. The van der Waals surface area contributed by atoms with Gasteiger partial charge in [-0.3, -0.25) is 0 Å². The highest BCUT2D eigenvalue weighted by Crippen LogP contribution is 2.21. The highest BCUT2D eigenvalue weighted by atomic mass is 16.5. The molecular formula is C17H29N3O. The number of ether oxygens (including phenoxy) is 1. The molecule has 0 amide bonds. The fourth-order valence-corrected chi connectivity index (χ4v) is 2.86. The lowest BCUT2D eigenvalue weighted by Crippen LogP contribution is -2.33. The molecule has 1 N–H and O–H groups in total. The molecular weight excluding hydrogens is 262 g/mol. The SMILES string of the molecule is CCCNCc1cnc(N(CC)CC2CCCO2)c(C)c1. The van der Waals surface area contributed by atoms with E-state index in [0.717, 1.165) is 45.0 Å². The van der Waals surface area contributed by atoms with Crippen molar-refractivity contribution < 1.29 is 4.74 Å². The lowest BCUT2D eigenvalue weighted by atomic mass is 10.1. The van der Waals surface area contributed by atoms with E-state index in [-0.39, 0.29) is 0 Å². The molecule has 0 bridgehead atoms. The van der Waals surface area contributed by atoms with E-state index in [1.807, 2.05) is 6.20 Å². The molecule has 21 heavy (non-hydrogen) atoms. The molecule has 2 rings (SSSR count). The maximum Gasteiger partial charge on any atom is 0.131 e. The Bertz CT molecular complexity index is 430. The van der Waals surface area contributed by atoms with E-state index in [2.05, 4.69) is 37.1 Å². The fourth-order valence-electron chi connectivity index (χ4n) is 2.86. The quantitative estimate of drug-likeness (QED) is 0.747. The van der Waals surface area contributed by atoms with Crippen molar-refractivity contribution in [3.63, 3.8) is 0 Å². The topological polar surface area (TPSA) is 37.4 Å². The van der Waals surface area contributed by atoms with Crippen LogP contribution in [0.5, 0.6) is 0 Å². The molecule has 118 valence electrons. The summed E-state index contributed by atoms with van der Waals surface area (Å²) < 4.78 is 5.76. The van der Waals surface area contributed by atoms with E-state index in [4.69, 9.17) is 9.72 Å². The smallest absolute Gasteiger partial charge is 0.131 e. The van der Waals surface area contributed by atoms with Crippen LogP contribution < -0.4 is 10.2 Å². The van der Waals surface area contributed by atoms with Crippen molar-refractivity contribution in [1.29, 1.82) is 0 Å². The Labute approximate surface area is 128 Å². The maximum atomic E-state index is 5.76. The molecule has 4 heteroatoms. The summed E-state index contributed by atoms with van der Waals surface area (Å²) >= 11 is 0. The summed E-state index contributed by atoms with van der Waals surface area (Å²) in [7, 11) is 0. The van der Waals surface area contributed by atoms with Gasteiger partial charge in [-0.25, -0.2) is 4.98 Å². The van der Waals surface area contributed by atoms with Crippen LogP contribution in [-0.4, -0.2) is 37.3 Å². The third kappa shape index (κ3) is 4.68. The Morgan fingerprint density at radius 2 is 2.29 bits per heavy atom. The Kier molecular flexibility index (Phi) is 6.46. The minimum atomic E-state index is 0.372. The van der Waals surface area contributed by atoms with Gasteiger partial charge in [-0.05, 0) is 56.8 Å². The minimum Gasteiger partial charge on any atom is -0.376 e. The van der Waals surface area contributed by atoms with Crippen molar-refractivity contribution in [2.45, 2.75) is 52.7 Å². The van der Waals surface area contributed by atoms with Gasteiger partial charge in [0.15, 0.2) is 0 Å². The molecule has 0 radical (unpaired) electrons. The van der Waals surface area contributed by atoms with Crippen molar-refractivity contribution in [3.05, 3.63) is 23.4 Å². The van der Waals surface area contributed by atoms with Crippen molar-refractivity contribution in [1.82, 2.24) is 10.3 Å². The van der Waals surface area contributed by atoms with Crippen LogP contribution in [-0.2, 0) is 11.3 Å². The monoisotopic (exact) mass is 291 g/mol. The van der Waals surface area contributed by atoms with Gasteiger partial charge in [-0.2, -0.15) is 0 Å². The van der Waals surface area contributed by atoms with Gasteiger partial charge in [0.05, 0.1) is 6.10 Å². The highest BCUT2D eigenvalue weighted by Gasteiger charge is 2.20. The number of anilines is 1. The Balaban J connectivity index is 1.99. The van der Waals surface area contributed by atoms with Crippen LogP contribution >= 0.6 is 0 Å². The van der Waals surface area contributed by atoms with E-state index in [1.54, 1.807) is 0 Å². The van der Waals surface area contributed by atoms with Gasteiger partial charge in [0.25, 0.3) is 0 Å². The molecule has 1 aliphatic rings. The Morgan fingerprint density at radius 1 is 1.43 bits per heavy atom. The molecule has 0 aliphatic carbocycles. The summed E-state index contributed by atoms with van der Waals surface area (Å²) in [6.45, 7) is 11.3. The van der Waals surface area contributed by atoms with Gasteiger partial charge in [0.2, 0.25) is 0 Å². The molecule has 0 spiro atoms. The molecule has 2 heterocycles. The van der Waals surface area contributed by atoms with E-state index in [1.165, 1.54) is 24.0 Å². The number of aryl methyl sites for hydroxylation is 1. The van der Waals surface area contributed by atoms with Gasteiger partial charge in [0.1, 0.15) is 5.82 Å². The Morgan fingerprint density at radius 3 is 2.90 bits per heavy atom. The van der Waals surface area contributed by atoms with E-state index in [0.29, 0.717) is 6.10 Å². The molecule has 1 saturated heterocycles. The normalized spacial score (nSPS) is 18.1. The first-order valence-corrected chi connectivity index (χ1v) is 8.27. The van der Waals surface area contributed by atoms with Gasteiger partial charge < -0.3 is 15.0 Å². The highest BCUT2D eigenvalue weighted by molar-refractivity contribution is 5.47. The summed E-state index contributed by atoms with van der Waals surface area (Å²) in [6.07, 6.45) is 5.90. The second-order valence-corrected chi connectivity index (χ2v) is 5.83. The molecule has 1 aliphatic heterocycles. The predicted molar refractivity (Wildman–Crippen MR) is 87.8 cm³/mol. The van der Waals surface area contributed by atoms with Crippen LogP contribution in [0.4, 0.5) is 5.82 Å². The molecule has 0 aromatic carbocycles. The minimum absolute atomic E-state index is 0.372. The maximum absolute atomic E-state index is 5.76. The van der Waals surface area contributed by atoms with Crippen LogP contribution in [0.2, 0.25) is 0 Å². The zero-order chi connectivity index (χ0) is 15.1. The Hall–Kier alpha value is -1.13. The number of aromatic nitrogens is 1. The summed E-state index contributed by atoms with van der Waals surface area (Å²) in [5.74, 6) is 1.10. The second-order valence-electron chi connectivity index (χ2n) is 5.83. The molecule has 1 unspecified atom stereocenters. The third-order valence-corrected chi connectivity index (χ3v) is 3.99. The van der Waals surface area contributed by atoms with Crippen LogP contribution in [0.3, 0.4) is 0 Å². The van der Waals surface area contributed by atoms with Crippen molar-refractivity contribution in [2.24, 2.45) is 0 Å². The summed E-state index contributed by atoms with van der Waals surface area (Å²) in [6, 6.07) is 2.25. The standard InChI is InChI=1S/C17H29N3O/c1-4-8-18-11-15-10-14(3)17(19-12-15)20(5-2)13-16-7-6-9-21-16/h10,12,16,18H,4-9,11,13H2,1-3H3. The van der Waals surface area contributed by atoms with Gasteiger partial charge in [-0.1, -0.05) is 6.92 Å². The van der Waals surface area contributed by atoms with Gasteiger partial charge in [0, 0.05) is 32.4 Å². The first-order valence-electron chi connectivity index (χ1n) is 8.27. The van der Waals surface area contributed by atoms with Crippen molar-refractivity contribution >= 4 is 5.82 Å². The van der Waals surface area contributed by atoms with Crippen molar-refractivity contribution in [3.8, 4) is 0 Å². The first kappa shape index (κ1) is 16.2. The van der Waals surface area contributed by atoms with E-state index >= 15 is 0 Å². The summed E-state index contributed by atoms with van der Waals surface area (Å²) in [4.78, 5) is 7.04. The number of likely N-dealkylation sites (N-methyl/N-ethyl adjacent to an activating group) is 1. The van der Waals surface area contributed by atoms with E-state index < -0.39 is 0 Å². The molecule has 1 fully saturated rings. The number of nitrogens with zero attached hydrogens (tertiary/aromatic N) is 2. The van der Waals surface area contributed by atoms with Crippen LogP contribution in [0, 0.1) is 6.92 Å². The van der Waals surface area contributed by atoms with Crippen LogP contribution in [0.15, 0.2) is 12.3 Å². The number of rotatable bonds is 8. The van der Waals surface area contributed by atoms with E-state index in [9.17, 15) is 0 Å². The van der Waals surface area contributed by atoms with Crippen LogP contribution in [0.25, 0.3) is 0 Å². The lowest BCUT2D eigenvalue weighted by Gasteiger charge is -2.26. The van der Waals surface area contributed by atoms with Crippen molar-refractivity contribution in [2.75, 3.05) is 31.1 Å². The number of hydrogen-bond acceptors (Lipinski definition) is 4. The van der Waals surface area contributed by atoms with Gasteiger partial charge in [-0.15, -0.1) is 0 Å². The molecule has 1 atom stereocenters. The average Bonchev–Trinajstić information content (AvgIpc) is 2.99. The average molecular weight is 291 g/mol. The van der Waals surface area contributed by atoms with Crippen LogP contribution in [0.1, 0.15) is 44.2 Å². The predicted octanol–water partition coefficient (Wildman–Crippen LogP) is 2.89. The zero-order valence-electron chi connectivity index (χ0n) is 13.7.